The van der Waals surface area contributed by atoms with E-state index in [1.165, 1.54) is 0 Å². The summed E-state index contributed by atoms with van der Waals surface area (Å²) < 4.78 is 35.5. The smallest absolute Gasteiger partial charge is 0.251 e. The predicted octanol–water partition coefficient (Wildman–Crippen LogP) is 1.62. The molecule has 2 heterocycles. The average Bonchev–Trinajstić information content (AvgIpc) is 2.60. The largest absolute Gasteiger partial charge is 0.493 e. The van der Waals surface area contributed by atoms with E-state index in [0.717, 1.165) is 0 Å². The molecule has 2 aromatic rings. The number of nitrogens with zero attached hydrogens (tertiary/aromatic N) is 4. The van der Waals surface area contributed by atoms with Crippen molar-refractivity contribution in [1.82, 2.24) is 14.9 Å². The summed E-state index contributed by atoms with van der Waals surface area (Å²) in [6.45, 7) is 2.02. The van der Waals surface area contributed by atoms with Crippen molar-refractivity contribution in [2.24, 2.45) is 0 Å². The van der Waals surface area contributed by atoms with Crippen LogP contribution in [0, 0.1) is 0 Å². The molecule has 136 valence electrons. The van der Waals surface area contributed by atoms with E-state index in [4.69, 9.17) is 15.2 Å². The van der Waals surface area contributed by atoms with Gasteiger partial charge in [-0.25, -0.2) is 13.8 Å². The van der Waals surface area contributed by atoms with E-state index in [1.807, 2.05) is 4.90 Å². The highest BCUT2D eigenvalue weighted by molar-refractivity contribution is 5.91. The van der Waals surface area contributed by atoms with Crippen LogP contribution in [0.3, 0.4) is 0 Å². The van der Waals surface area contributed by atoms with Gasteiger partial charge in [0.05, 0.1) is 26.3 Å². The standard InChI is InChI=1S/C16H21F2N5O2/c1-24-12-7-10-11(8-13(12)25-2)20-16(21-15(10)19)23-5-3-22(4-6-23)9-14(17)18/h7-8,14H,3-6,9H2,1-2H3,(H2,19,20,21). The number of methoxy groups -OCH3 is 2. The molecule has 3 rings (SSSR count). The predicted molar refractivity (Wildman–Crippen MR) is 91.7 cm³/mol. The maximum atomic E-state index is 12.5. The van der Waals surface area contributed by atoms with E-state index in [9.17, 15) is 8.78 Å². The molecule has 9 heteroatoms. The first kappa shape index (κ1) is 17.4. The van der Waals surface area contributed by atoms with Crippen molar-refractivity contribution in [2.75, 3.05) is 57.6 Å². The minimum atomic E-state index is -2.32. The molecule has 7 nitrogen and oxygen atoms in total. The number of benzene rings is 1. The molecule has 0 aliphatic carbocycles. The number of hydrogen-bond acceptors (Lipinski definition) is 7. The van der Waals surface area contributed by atoms with Gasteiger partial charge in [-0.15, -0.1) is 0 Å². The lowest BCUT2D eigenvalue weighted by atomic mass is 10.2. The number of hydrogen-bond donors (Lipinski definition) is 1. The Bertz CT molecular complexity index is 751. The van der Waals surface area contributed by atoms with Crippen LogP contribution in [0.5, 0.6) is 11.5 Å². The maximum absolute atomic E-state index is 12.5. The Kier molecular flexibility index (Phi) is 5.03. The van der Waals surface area contributed by atoms with Gasteiger partial charge < -0.3 is 20.1 Å². The van der Waals surface area contributed by atoms with E-state index >= 15 is 0 Å². The lowest BCUT2D eigenvalue weighted by Crippen LogP contribution is -2.48. The molecule has 1 aliphatic rings. The molecule has 0 unspecified atom stereocenters. The molecule has 1 aliphatic heterocycles. The van der Waals surface area contributed by atoms with Crippen molar-refractivity contribution in [3.63, 3.8) is 0 Å². The molecule has 0 atom stereocenters. The Labute approximate surface area is 144 Å². The van der Waals surface area contributed by atoms with Crippen LogP contribution in [0.1, 0.15) is 0 Å². The quantitative estimate of drug-likeness (QED) is 0.875. The molecule has 0 amide bonds. The summed E-state index contributed by atoms with van der Waals surface area (Å²) >= 11 is 0. The Morgan fingerprint density at radius 1 is 1.08 bits per heavy atom. The van der Waals surface area contributed by atoms with Crippen molar-refractivity contribution in [3.05, 3.63) is 12.1 Å². The number of fused-ring (bicyclic) bond motifs is 1. The third kappa shape index (κ3) is 3.65. The van der Waals surface area contributed by atoms with Gasteiger partial charge in [0.15, 0.2) is 11.5 Å². The Hall–Kier alpha value is -2.42. The van der Waals surface area contributed by atoms with Crippen LogP contribution in [-0.2, 0) is 0 Å². The van der Waals surface area contributed by atoms with Crippen molar-refractivity contribution < 1.29 is 18.3 Å². The zero-order valence-corrected chi connectivity index (χ0v) is 14.2. The van der Waals surface area contributed by atoms with E-state index in [2.05, 4.69) is 9.97 Å². The van der Waals surface area contributed by atoms with Gasteiger partial charge in [0, 0.05) is 37.6 Å². The fraction of sp³-hybridized carbons (Fsp3) is 0.500. The number of nitrogens with two attached hydrogens (primary N) is 1. The van der Waals surface area contributed by atoms with Crippen LogP contribution >= 0.6 is 0 Å². The first-order chi connectivity index (χ1) is 12.0. The Morgan fingerprint density at radius 2 is 1.72 bits per heavy atom. The van der Waals surface area contributed by atoms with Gasteiger partial charge in [0.2, 0.25) is 5.95 Å². The van der Waals surface area contributed by atoms with Gasteiger partial charge >= 0.3 is 0 Å². The molecule has 1 fully saturated rings. The molecular formula is C16H21F2N5O2. The number of ether oxygens (including phenoxy) is 2. The molecule has 0 radical (unpaired) electrons. The third-order valence-electron chi connectivity index (χ3n) is 4.27. The summed E-state index contributed by atoms with van der Waals surface area (Å²) in [6.07, 6.45) is -2.32. The van der Waals surface area contributed by atoms with Crippen molar-refractivity contribution in [2.45, 2.75) is 6.43 Å². The van der Waals surface area contributed by atoms with Crippen molar-refractivity contribution in [3.8, 4) is 11.5 Å². The van der Waals surface area contributed by atoms with E-state index in [1.54, 1.807) is 31.3 Å². The number of nitrogen functional groups attached to an aromatic ring is 1. The Balaban J connectivity index is 1.86. The lowest BCUT2D eigenvalue weighted by Gasteiger charge is -2.34. The summed E-state index contributed by atoms with van der Waals surface area (Å²) in [5.41, 5.74) is 6.74. The molecule has 1 saturated heterocycles. The zero-order valence-electron chi connectivity index (χ0n) is 14.2. The fourth-order valence-electron chi connectivity index (χ4n) is 2.93. The minimum Gasteiger partial charge on any atom is -0.493 e. The fourth-order valence-corrected chi connectivity index (χ4v) is 2.93. The third-order valence-corrected chi connectivity index (χ3v) is 4.27. The second-order valence-electron chi connectivity index (χ2n) is 5.81. The number of aromatic nitrogens is 2. The van der Waals surface area contributed by atoms with Gasteiger partial charge in [-0.1, -0.05) is 0 Å². The van der Waals surface area contributed by atoms with Gasteiger partial charge in [-0.05, 0) is 6.07 Å². The van der Waals surface area contributed by atoms with Crippen LogP contribution in [0.15, 0.2) is 12.1 Å². The molecular weight excluding hydrogens is 332 g/mol. The van der Waals surface area contributed by atoms with Gasteiger partial charge in [0.25, 0.3) is 6.43 Å². The van der Waals surface area contributed by atoms with Crippen LogP contribution in [0.4, 0.5) is 20.5 Å². The van der Waals surface area contributed by atoms with E-state index in [0.29, 0.717) is 60.3 Å². The van der Waals surface area contributed by atoms with Gasteiger partial charge in [-0.3, -0.25) is 4.90 Å². The molecule has 1 aromatic heterocycles. The highest BCUT2D eigenvalue weighted by Gasteiger charge is 2.22. The normalized spacial score (nSPS) is 15.8. The van der Waals surface area contributed by atoms with Crippen LogP contribution < -0.4 is 20.1 Å². The van der Waals surface area contributed by atoms with Crippen molar-refractivity contribution >= 4 is 22.7 Å². The number of halogens is 2. The van der Waals surface area contributed by atoms with Gasteiger partial charge in [-0.2, -0.15) is 4.98 Å². The average molecular weight is 353 g/mol. The topological polar surface area (TPSA) is 76.7 Å². The zero-order chi connectivity index (χ0) is 18.0. The molecule has 0 bridgehead atoms. The first-order valence-electron chi connectivity index (χ1n) is 7.96. The van der Waals surface area contributed by atoms with Crippen LogP contribution in [0.2, 0.25) is 0 Å². The highest BCUT2D eigenvalue weighted by atomic mass is 19.3. The minimum absolute atomic E-state index is 0.203. The molecule has 2 N–H and O–H groups in total. The second-order valence-corrected chi connectivity index (χ2v) is 5.81. The number of rotatable bonds is 5. The summed E-state index contributed by atoms with van der Waals surface area (Å²) in [4.78, 5) is 12.6. The molecule has 0 saturated carbocycles. The van der Waals surface area contributed by atoms with Crippen molar-refractivity contribution in [1.29, 1.82) is 0 Å². The lowest BCUT2D eigenvalue weighted by molar-refractivity contribution is 0.0853. The van der Waals surface area contributed by atoms with E-state index < -0.39 is 6.43 Å². The molecule has 0 spiro atoms. The number of piperazine rings is 1. The van der Waals surface area contributed by atoms with E-state index in [-0.39, 0.29) is 6.54 Å². The Morgan fingerprint density at radius 3 is 2.32 bits per heavy atom. The molecule has 25 heavy (non-hydrogen) atoms. The maximum Gasteiger partial charge on any atom is 0.251 e. The van der Waals surface area contributed by atoms with Crippen LogP contribution in [0.25, 0.3) is 10.9 Å². The summed E-state index contributed by atoms with van der Waals surface area (Å²) in [6, 6.07) is 3.50. The number of anilines is 2. The van der Waals surface area contributed by atoms with Gasteiger partial charge in [0.1, 0.15) is 5.82 Å². The summed E-state index contributed by atoms with van der Waals surface area (Å²) in [5.74, 6) is 1.95. The SMILES string of the molecule is COc1cc2nc(N3CCN(CC(F)F)CC3)nc(N)c2cc1OC. The number of alkyl halides is 2. The first-order valence-corrected chi connectivity index (χ1v) is 7.96. The van der Waals surface area contributed by atoms with Crippen LogP contribution in [-0.4, -0.2) is 68.2 Å². The molecule has 1 aromatic carbocycles. The summed E-state index contributed by atoms with van der Waals surface area (Å²) in [5, 5.41) is 0.678. The highest BCUT2D eigenvalue weighted by Crippen LogP contribution is 2.34. The monoisotopic (exact) mass is 353 g/mol. The summed E-state index contributed by atoms with van der Waals surface area (Å²) in [7, 11) is 3.10. The second kappa shape index (κ2) is 7.22.